The molecule has 0 N–H and O–H groups in total. The fourth-order valence-electron chi connectivity index (χ4n) is 8.82. The number of nitrogens with zero attached hydrogens (tertiary/aromatic N) is 1. The highest BCUT2D eigenvalue weighted by Gasteiger charge is 2.25. The van der Waals surface area contributed by atoms with E-state index >= 15 is 0 Å². The minimum Gasteiger partial charge on any atom is -0.456 e. The van der Waals surface area contributed by atoms with Gasteiger partial charge in [0.05, 0.1) is 16.8 Å². The van der Waals surface area contributed by atoms with Crippen LogP contribution in [0.5, 0.6) is 0 Å². The third-order valence-corrected chi connectivity index (χ3v) is 11.7. The van der Waals surface area contributed by atoms with Crippen molar-refractivity contribution < 1.29 is 4.42 Å². The summed E-state index contributed by atoms with van der Waals surface area (Å²) in [6, 6.07) is 84.9. The Bertz CT molecular complexity index is 3290. The van der Waals surface area contributed by atoms with Gasteiger partial charge >= 0.3 is 0 Å². The van der Waals surface area contributed by atoms with Gasteiger partial charge in [-0.1, -0.05) is 194 Å². The Morgan fingerprint density at radius 2 is 0.817 bits per heavy atom. The average molecular weight is 766 g/mol. The first kappa shape index (κ1) is 35.2. The SMILES string of the molecule is c1ccc(-c2ccccc2-c2c(-c3ccccc3)cccc2N(c2ccc(-c3ccc(-c4ccc5ccccc5c4)cc3)cc2)c2cccc3oc4ccccc4c23)cc1. The third kappa shape index (κ3) is 6.32. The van der Waals surface area contributed by atoms with E-state index in [1.165, 1.54) is 38.6 Å². The topological polar surface area (TPSA) is 16.4 Å². The number of benzene rings is 10. The molecule has 0 fully saturated rings. The first-order valence-electron chi connectivity index (χ1n) is 20.5. The molecule has 2 nitrogen and oxygen atoms in total. The Morgan fingerprint density at radius 1 is 0.300 bits per heavy atom. The maximum absolute atomic E-state index is 6.51. The quantitative estimate of drug-likeness (QED) is 0.153. The minimum atomic E-state index is 0.854. The summed E-state index contributed by atoms with van der Waals surface area (Å²) in [6.07, 6.45) is 0. The van der Waals surface area contributed by atoms with E-state index < -0.39 is 0 Å². The molecule has 0 aliphatic rings. The zero-order valence-corrected chi connectivity index (χ0v) is 32.9. The number of hydrogen-bond acceptors (Lipinski definition) is 2. The lowest BCUT2D eigenvalue weighted by Crippen LogP contribution is -2.12. The average Bonchev–Trinajstić information content (AvgIpc) is 3.72. The zero-order valence-electron chi connectivity index (χ0n) is 32.9. The van der Waals surface area contributed by atoms with Crippen molar-refractivity contribution in [1.29, 1.82) is 0 Å². The molecule has 0 saturated carbocycles. The smallest absolute Gasteiger partial charge is 0.137 e. The van der Waals surface area contributed by atoms with Crippen molar-refractivity contribution in [2.75, 3.05) is 4.90 Å². The lowest BCUT2D eigenvalue weighted by Gasteiger charge is -2.30. The Balaban J connectivity index is 1.10. The Labute approximate surface area is 349 Å². The molecule has 0 saturated heterocycles. The molecule has 0 amide bonds. The van der Waals surface area contributed by atoms with Gasteiger partial charge in [-0.2, -0.15) is 0 Å². The molecule has 0 atom stereocenters. The number of para-hydroxylation sites is 1. The van der Waals surface area contributed by atoms with E-state index in [1.54, 1.807) is 0 Å². The van der Waals surface area contributed by atoms with Crippen LogP contribution in [0.25, 0.3) is 88.3 Å². The van der Waals surface area contributed by atoms with Crippen LogP contribution in [0.15, 0.2) is 241 Å². The van der Waals surface area contributed by atoms with Gasteiger partial charge in [0, 0.05) is 16.6 Å². The van der Waals surface area contributed by atoms with Crippen LogP contribution >= 0.6 is 0 Å². The summed E-state index contributed by atoms with van der Waals surface area (Å²) in [6.45, 7) is 0. The van der Waals surface area contributed by atoms with Crippen molar-refractivity contribution >= 4 is 49.8 Å². The van der Waals surface area contributed by atoms with Crippen molar-refractivity contribution in [2.45, 2.75) is 0 Å². The van der Waals surface area contributed by atoms with E-state index in [4.69, 9.17) is 4.42 Å². The molecule has 0 aliphatic heterocycles. The molecular weight excluding hydrogens is 727 g/mol. The molecule has 60 heavy (non-hydrogen) atoms. The van der Waals surface area contributed by atoms with Crippen LogP contribution in [0.1, 0.15) is 0 Å². The number of hydrogen-bond donors (Lipinski definition) is 0. The molecule has 1 aromatic heterocycles. The second kappa shape index (κ2) is 15.1. The number of furan rings is 1. The summed E-state index contributed by atoms with van der Waals surface area (Å²) in [4.78, 5) is 2.43. The molecule has 2 heteroatoms. The van der Waals surface area contributed by atoms with Crippen molar-refractivity contribution in [3.8, 4) is 55.6 Å². The lowest BCUT2D eigenvalue weighted by atomic mass is 9.87. The predicted octanol–water partition coefficient (Wildman–Crippen LogP) is 16.5. The first-order valence-corrected chi connectivity index (χ1v) is 20.5. The molecule has 0 radical (unpaired) electrons. The number of anilines is 3. The van der Waals surface area contributed by atoms with Gasteiger partial charge in [-0.3, -0.25) is 0 Å². The largest absolute Gasteiger partial charge is 0.456 e. The van der Waals surface area contributed by atoms with Gasteiger partial charge in [0.25, 0.3) is 0 Å². The van der Waals surface area contributed by atoms with Crippen molar-refractivity contribution in [2.24, 2.45) is 0 Å². The monoisotopic (exact) mass is 765 g/mol. The van der Waals surface area contributed by atoms with Gasteiger partial charge in [0.2, 0.25) is 0 Å². The normalized spacial score (nSPS) is 11.3. The molecule has 11 aromatic rings. The summed E-state index contributed by atoms with van der Waals surface area (Å²) in [5.74, 6) is 0. The molecule has 10 aromatic carbocycles. The Morgan fingerprint density at radius 3 is 1.57 bits per heavy atom. The van der Waals surface area contributed by atoms with Gasteiger partial charge in [-0.25, -0.2) is 0 Å². The second-order valence-electron chi connectivity index (χ2n) is 15.2. The standard InChI is InChI=1S/C58H39NO/c1-3-16-44(17-4-1)49-21-9-10-22-51(49)57-50(45-18-5-2-6-19-45)24-13-25-53(57)59(54-26-14-28-56-58(54)52-23-11-12-27-55(52)60-56)48-37-35-42(36-38-48)41-29-31-43(32-30-41)47-34-33-40-15-7-8-20-46(40)39-47/h1-39H. The fourth-order valence-corrected chi connectivity index (χ4v) is 8.82. The van der Waals surface area contributed by atoms with Gasteiger partial charge in [-0.05, 0) is 103 Å². The lowest BCUT2D eigenvalue weighted by molar-refractivity contribution is 0.669. The minimum absolute atomic E-state index is 0.854. The third-order valence-electron chi connectivity index (χ3n) is 11.7. The van der Waals surface area contributed by atoms with Gasteiger partial charge in [0.15, 0.2) is 0 Å². The maximum atomic E-state index is 6.51. The van der Waals surface area contributed by atoms with E-state index in [1.807, 2.05) is 6.07 Å². The predicted molar refractivity (Wildman–Crippen MR) is 253 cm³/mol. The summed E-state index contributed by atoms with van der Waals surface area (Å²) in [5, 5.41) is 4.67. The summed E-state index contributed by atoms with van der Waals surface area (Å²) < 4.78 is 6.51. The van der Waals surface area contributed by atoms with E-state index in [2.05, 4.69) is 235 Å². The highest BCUT2D eigenvalue weighted by molar-refractivity contribution is 6.14. The maximum Gasteiger partial charge on any atom is 0.137 e. The van der Waals surface area contributed by atoms with Gasteiger partial charge in [-0.15, -0.1) is 0 Å². The molecule has 0 spiro atoms. The van der Waals surface area contributed by atoms with Gasteiger partial charge < -0.3 is 9.32 Å². The van der Waals surface area contributed by atoms with E-state index in [0.29, 0.717) is 0 Å². The summed E-state index contributed by atoms with van der Waals surface area (Å²) in [5.41, 5.74) is 16.6. The van der Waals surface area contributed by atoms with Crippen molar-refractivity contribution in [3.63, 3.8) is 0 Å². The number of rotatable bonds is 8. The molecule has 282 valence electrons. The van der Waals surface area contributed by atoms with E-state index in [-0.39, 0.29) is 0 Å². The van der Waals surface area contributed by atoms with Crippen molar-refractivity contribution in [1.82, 2.24) is 0 Å². The van der Waals surface area contributed by atoms with E-state index in [9.17, 15) is 0 Å². The van der Waals surface area contributed by atoms with Crippen molar-refractivity contribution in [3.05, 3.63) is 237 Å². The number of fused-ring (bicyclic) bond motifs is 4. The van der Waals surface area contributed by atoms with Crippen LogP contribution in [-0.2, 0) is 0 Å². The van der Waals surface area contributed by atoms with Crippen LogP contribution in [0.4, 0.5) is 17.1 Å². The highest BCUT2D eigenvalue weighted by Crippen LogP contribution is 2.50. The summed E-state index contributed by atoms with van der Waals surface area (Å²) >= 11 is 0. The van der Waals surface area contributed by atoms with Crippen LogP contribution in [0.2, 0.25) is 0 Å². The van der Waals surface area contributed by atoms with Gasteiger partial charge in [0.1, 0.15) is 11.2 Å². The highest BCUT2D eigenvalue weighted by atomic mass is 16.3. The molecule has 0 aliphatic carbocycles. The Kier molecular flexibility index (Phi) is 8.87. The molecule has 0 bridgehead atoms. The van der Waals surface area contributed by atoms with Crippen LogP contribution in [0, 0.1) is 0 Å². The molecule has 1 heterocycles. The fraction of sp³-hybridized carbons (Fsp3) is 0. The summed E-state index contributed by atoms with van der Waals surface area (Å²) in [7, 11) is 0. The zero-order chi connectivity index (χ0) is 39.8. The first-order chi connectivity index (χ1) is 29.8. The molecule has 11 rings (SSSR count). The second-order valence-corrected chi connectivity index (χ2v) is 15.2. The molecule has 0 unspecified atom stereocenters. The van der Waals surface area contributed by atoms with Crippen LogP contribution in [0.3, 0.4) is 0 Å². The Hall–Kier alpha value is -7.94. The molecular formula is C58H39NO. The van der Waals surface area contributed by atoms with E-state index in [0.717, 1.165) is 66.8 Å². The van der Waals surface area contributed by atoms with Crippen LogP contribution < -0.4 is 4.90 Å². The van der Waals surface area contributed by atoms with Crippen LogP contribution in [-0.4, -0.2) is 0 Å².